The van der Waals surface area contributed by atoms with E-state index in [1.165, 1.54) is 29.8 Å². The first-order valence-electron chi connectivity index (χ1n) is 9.71. The van der Waals surface area contributed by atoms with Gasteiger partial charge in [0.15, 0.2) is 0 Å². The molecule has 2 aromatic heterocycles. The average molecular weight is 434 g/mol. The number of benzene rings is 1. The average Bonchev–Trinajstić information content (AvgIpc) is 3.05. The molecule has 1 fully saturated rings. The number of hydrogen-bond acceptors (Lipinski definition) is 5. The number of thiophene rings is 1. The van der Waals surface area contributed by atoms with Crippen molar-refractivity contribution in [1.82, 2.24) is 9.97 Å². The van der Waals surface area contributed by atoms with E-state index in [2.05, 4.69) is 27.1 Å². The first-order valence-corrected chi connectivity index (χ1v) is 10.5. The molecular weight excluding hydrogens is 413 g/mol. The van der Waals surface area contributed by atoms with Crippen LogP contribution in [0.4, 0.5) is 24.7 Å². The van der Waals surface area contributed by atoms with Gasteiger partial charge in [-0.15, -0.1) is 11.3 Å². The Kier molecular flexibility index (Phi) is 5.40. The van der Waals surface area contributed by atoms with E-state index in [-0.39, 0.29) is 5.91 Å². The number of nitrogens with one attached hydrogen (secondary N) is 1. The summed E-state index contributed by atoms with van der Waals surface area (Å²) in [6, 6.07) is 4.41. The number of carbonyl (C=O) groups excluding carboxylic acids is 1. The molecule has 1 aromatic carbocycles. The lowest BCUT2D eigenvalue weighted by Gasteiger charge is -2.31. The maximum atomic E-state index is 12.8. The highest BCUT2D eigenvalue weighted by molar-refractivity contribution is 7.20. The SMILES string of the molecule is Cc1c(C(=O)Nc2ccc(C(F)(F)F)cc2)sc2ncnc(N3CCC(C)CC3)c12. The van der Waals surface area contributed by atoms with Gasteiger partial charge >= 0.3 is 6.18 Å². The first-order chi connectivity index (χ1) is 14.2. The molecule has 1 N–H and O–H groups in total. The summed E-state index contributed by atoms with van der Waals surface area (Å²) >= 11 is 1.27. The number of rotatable bonds is 3. The van der Waals surface area contributed by atoms with Crippen molar-refractivity contribution in [3.63, 3.8) is 0 Å². The van der Waals surface area contributed by atoms with Gasteiger partial charge in [-0.3, -0.25) is 4.79 Å². The van der Waals surface area contributed by atoms with Gasteiger partial charge in [-0.05, 0) is 55.5 Å². The number of nitrogens with zero attached hydrogens (tertiary/aromatic N) is 3. The van der Waals surface area contributed by atoms with Crippen LogP contribution in [-0.4, -0.2) is 29.0 Å². The van der Waals surface area contributed by atoms with Crippen molar-refractivity contribution in [1.29, 1.82) is 0 Å². The molecule has 1 amide bonds. The van der Waals surface area contributed by atoms with Gasteiger partial charge in [0.25, 0.3) is 5.91 Å². The second kappa shape index (κ2) is 7.86. The Morgan fingerprint density at radius 3 is 2.47 bits per heavy atom. The predicted octanol–water partition coefficient (Wildman–Crippen LogP) is 5.51. The number of aryl methyl sites for hydroxylation is 1. The van der Waals surface area contributed by atoms with E-state index in [0.717, 1.165) is 59.7 Å². The minimum Gasteiger partial charge on any atom is -0.356 e. The summed E-state index contributed by atoms with van der Waals surface area (Å²) in [6.45, 7) is 5.93. The van der Waals surface area contributed by atoms with Crippen LogP contribution in [0.1, 0.15) is 40.6 Å². The maximum absolute atomic E-state index is 12.8. The number of piperidine rings is 1. The number of halogens is 3. The second-order valence-corrected chi connectivity index (χ2v) is 8.63. The zero-order valence-electron chi connectivity index (χ0n) is 16.6. The van der Waals surface area contributed by atoms with Crippen molar-refractivity contribution >= 4 is 39.0 Å². The Balaban J connectivity index is 1.61. The first kappa shape index (κ1) is 20.6. The molecule has 0 atom stereocenters. The number of carbonyl (C=O) groups is 1. The summed E-state index contributed by atoms with van der Waals surface area (Å²) < 4.78 is 38.2. The van der Waals surface area contributed by atoms with Crippen molar-refractivity contribution in [2.45, 2.75) is 32.9 Å². The molecule has 1 aliphatic rings. The van der Waals surface area contributed by atoms with Crippen molar-refractivity contribution in [2.24, 2.45) is 5.92 Å². The highest BCUT2D eigenvalue weighted by atomic mass is 32.1. The van der Waals surface area contributed by atoms with Crippen LogP contribution in [0.25, 0.3) is 10.2 Å². The molecule has 0 unspecified atom stereocenters. The molecule has 0 saturated carbocycles. The van der Waals surface area contributed by atoms with Crippen LogP contribution in [-0.2, 0) is 6.18 Å². The minimum atomic E-state index is -4.41. The lowest BCUT2D eigenvalue weighted by Crippen LogP contribution is -2.33. The zero-order chi connectivity index (χ0) is 21.5. The summed E-state index contributed by atoms with van der Waals surface area (Å²) in [5.41, 5.74) is 0.337. The highest BCUT2D eigenvalue weighted by Crippen LogP contribution is 2.36. The minimum absolute atomic E-state index is 0.307. The van der Waals surface area contributed by atoms with Gasteiger partial charge in [-0.2, -0.15) is 13.2 Å². The fourth-order valence-electron chi connectivity index (χ4n) is 3.66. The normalized spacial score (nSPS) is 15.6. The number of aromatic nitrogens is 2. The fraction of sp³-hybridized carbons (Fsp3) is 0.381. The molecule has 30 heavy (non-hydrogen) atoms. The largest absolute Gasteiger partial charge is 0.416 e. The number of fused-ring (bicyclic) bond motifs is 1. The lowest BCUT2D eigenvalue weighted by atomic mass is 9.99. The third-order valence-corrected chi connectivity index (χ3v) is 6.66. The third kappa shape index (κ3) is 3.98. The van der Waals surface area contributed by atoms with Crippen LogP contribution >= 0.6 is 11.3 Å². The number of anilines is 2. The monoisotopic (exact) mass is 434 g/mol. The highest BCUT2D eigenvalue weighted by Gasteiger charge is 2.30. The number of hydrogen-bond donors (Lipinski definition) is 1. The molecule has 9 heteroatoms. The van der Waals surface area contributed by atoms with Gasteiger partial charge in [0, 0.05) is 18.8 Å². The summed E-state index contributed by atoms with van der Waals surface area (Å²) in [5.74, 6) is 1.16. The third-order valence-electron chi connectivity index (χ3n) is 5.47. The van der Waals surface area contributed by atoms with Crippen LogP contribution in [0.15, 0.2) is 30.6 Å². The summed E-state index contributed by atoms with van der Waals surface area (Å²) in [5, 5.41) is 3.56. The van der Waals surface area contributed by atoms with Gasteiger partial charge < -0.3 is 10.2 Å². The van der Waals surface area contributed by atoms with Gasteiger partial charge in [0.1, 0.15) is 17.0 Å². The Bertz CT molecular complexity index is 1070. The van der Waals surface area contributed by atoms with Crippen LogP contribution in [0.5, 0.6) is 0 Å². The summed E-state index contributed by atoms with van der Waals surface area (Å²) in [4.78, 5) is 25.1. The molecule has 1 aliphatic heterocycles. The molecule has 0 spiro atoms. The van der Waals surface area contributed by atoms with E-state index in [9.17, 15) is 18.0 Å². The van der Waals surface area contributed by atoms with E-state index < -0.39 is 11.7 Å². The Morgan fingerprint density at radius 1 is 1.17 bits per heavy atom. The van der Waals surface area contributed by atoms with Crippen LogP contribution < -0.4 is 10.2 Å². The zero-order valence-corrected chi connectivity index (χ0v) is 17.4. The predicted molar refractivity (Wildman–Crippen MR) is 112 cm³/mol. The molecule has 0 aliphatic carbocycles. The molecule has 3 aromatic rings. The summed E-state index contributed by atoms with van der Waals surface area (Å²) in [6.07, 6.45) is -0.707. The Morgan fingerprint density at radius 2 is 1.83 bits per heavy atom. The molecule has 1 saturated heterocycles. The van der Waals surface area contributed by atoms with Gasteiger partial charge in [0.2, 0.25) is 0 Å². The van der Waals surface area contributed by atoms with E-state index in [4.69, 9.17) is 0 Å². The van der Waals surface area contributed by atoms with Gasteiger partial charge in [0.05, 0.1) is 15.8 Å². The van der Waals surface area contributed by atoms with Gasteiger partial charge in [-0.25, -0.2) is 9.97 Å². The topological polar surface area (TPSA) is 58.1 Å². The van der Waals surface area contributed by atoms with Crippen molar-refractivity contribution in [2.75, 3.05) is 23.3 Å². The quantitative estimate of drug-likeness (QED) is 0.591. The summed E-state index contributed by atoms with van der Waals surface area (Å²) in [7, 11) is 0. The van der Waals surface area contributed by atoms with E-state index in [1.54, 1.807) is 0 Å². The lowest BCUT2D eigenvalue weighted by molar-refractivity contribution is -0.137. The molecule has 3 heterocycles. The molecule has 5 nitrogen and oxygen atoms in total. The molecule has 158 valence electrons. The van der Waals surface area contributed by atoms with Gasteiger partial charge in [-0.1, -0.05) is 6.92 Å². The second-order valence-electron chi connectivity index (χ2n) is 7.63. The van der Waals surface area contributed by atoms with Crippen molar-refractivity contribution in [3.8, 4) is 0 Å². The smallest absolute Gasteiger partial charge is 0.356 e. The fourth-order valence-corrected chi connectivity index (χ4v) is 4.70. The molecule has 4 rings (SSSR count). The van der Waals surface area contributed by atoms with Crippen LogP contribution in [0.3, 0.4) is 0 Å². The van der Waals surface area contributed by atoms with Crippen LogP contribution in [0, 0.1) is 12.8 Å². The number of amides is 1. The standard InChI is InChI=1S/C21H21F3N4OS/c1-12-7-9-28(10-8-12)18-16-13(2)17(30-20(16)26-11-25-18)19(29)27-15-5-3-14(4-6-15)21(22,23)24/h3-6,11-12H,7-10H2,1-2H3,(H,27,29). The Hall–Kier alpha value is -2.68. The molecule has 0 radical (unpaired) electrons. The van der Waals surface area contributed by atoms with Crippen molar-refractivity contribution < 1.29 is 18.0 Å². The molecule has 0 bridgehead atoms. The molecular formula is C21H21F3N4OS. The number of alkyl halides is 3. The van der Waals surface area contributed by atoms with E-state index in [1.807, 2.05) is 6.92 Å². The van der Waals surface area contributed by atoms with E-state index in [0.29, 0.717) is 16.5 Å². The van der Waals surface area contributed by atoms with Crippen LogP contribution in [0.2, 0.25) is 0 Å². The van der Waals surface area contributed by atoms with Crippen molar-refractivity contribution in [3.05, 3.63) is 46.6 Å². The Labute approximate surface area is 175 Å². The van der Waals surface area contributed by atoms with E-state index >= 15 is 0 Å². The maximum Gasteiger partial charge on any atom is 0.416 e.